The molecule has 0 aliphatic rings. The van der Waals surface area contributed by atoms with Crippen LogP contribution in [-0.2, 0) is 26.2 Å². The average Bonchev–Trinajstić information content (AvgIpc) is 2.47. The molecule has 4 nitrogen and oxygen atoms in total. The van der Waals surface area contributed by atoms with Gasteiger partial charge in [0.1, 0.15) is 0 Å². The molecule has 0 saturated carbocycles. The SMILES string of the molecule is O=C(O)COP(=O)(Cc1ccccc1)Cc1ccccc1. The van der Waals surface area contributed by atoms with Gasteiger partial charge in [-0.25, -0.2) is 4.79 Å². The highest BCUT2D eigenvalue weighted by Crippen LogP contribution is 2.53. The maximum absolute atomic E-state index is 13.0. The molecule has 0 saturated heterocycles. The molecule has 0 radical (unpaired) electrons. The standard InChI is InChI=1S/C16H17O4P/c17-16(18)11-20-21(19,12-14-7-3-1-4-8-14)13-15-9-5-2-6-10-15/h1-10H,11-13H2,(H,17,18). The highest BCUT2D eigenvalue weighted by atomic mass is 31.2. The number of carboxylic acids is 1. The molecule has 0 spiro atoms. The van der Waals surface area contributed by atoms with E-state index in [2.05, 4.69) is 0 Å². The Balaban J connectivity index is 2.17. The average molecular weight is 304 g/mol. The minimum absolute atomic E-state index is 0.232. The van der Waals surface area contributed by atoms with Crippen LogP contribution in [0.3, 0.4) is 0 Å². The Morgan fingerprint density at radius 1 is 0.905 bits per heavy atom. The van der Waals surface area contributed by atoms with Crippen LogP contribution in [0.15, 0.2) is 60.7 Å². The lowest BCUT2D eigenvalue weighted by Crippen LogP contribution is -2.08. The lowest BCUT2D eigenvalue weighted by atomic mass is 10.2. The maximum atomic E-state index is 13.0. The van der Waals surface area contributed by atoms with Gasteiger partial charge >= 0.3 is 5.97 Å². The summed E-state index contributed by atoms with van der Waals surface area (Å²) < 4.78 is 18.2. The van der Waals surface area contributed by atoms with Crippen molar-refractivity contribution in [2.75, 3.05) is 6.61 Å². The molecule has 2 aromatic rings. The van der Waals surface area contributed by atoms with Gasteiger partial charge in [0, 0.05) is 0 Å². The lowest BCUT2D eigenvalue weighted by molar-refractivity contribution is -0.139. The number of hydrogen-bond donors (Lipinski definition) is 1. The quantitative estimate of drug-likeness (QED) is 0.791. The van der Waals surface area contributed by atoms with Gasteiger partial charge in [0.15, 0.2) is 6.61 Å². The summed E-state index contributed by atoms with van der Waals surface area (Å²) in [6, 6.07) is 18.7. The molecule has 2 aromatic carbocycles. The van der Waals surface area contributed by atoms with Crippen LogP contribution in [0.25, 0.3) is 0 Å². The van der Waals surface area contributed by atoms with Crippen molar-refractivity contribution >= 4 is 13.3 Å². The lowest BCUT2D eigenvalue weighted by Gasteiger charge is -2.18. The monoisotopic (exact) mass is 304 g/mol. The summed E-state index contributed by atoms with van der Waals surface area (Å²) >= 11 is 0. The zero-order valence-electron chi connectivity index (χ0n) is 11.5. The molecule has 0 bridgehead atoms. The Bertz CT molecular complexity index is 580. The van der Waals surface area contributed by atoms with Crippen LogP contribution in [0, 0.1) is 0 Å². The van der Waals surface area contributed by atoms with Gasteiger partial charge in [-0.1, -0.05) is 60.7 Å². The van der Waals surface area contributed by atoms with Crippen LogP contribution in [0.1, 0.15) is 11.1 Å². The van der Waals surface area contributed by atoms with E-state index in [-0.39, 0.29) is 12.3 Å². The first-order valence-corrected chi connectivity index (χ1v) is 8.59. The summed E-state index contributed by atoms with van der Waals surface area (Å²) in [5.74, 6) is -1.11. The number of hydrogen-bond acceptors (Lipinski definition) is 3. The van der Waals surface area contributed by atoms with Crippen LogP contribution in [0.2, 0.25) is 0 Å². The minimum Gasteiger partial charge on any atom is -0.480 e. The number of carbonyl (C=O) groups is 1. The number of aliphatic carboxylic acids is 1. The first-order valence-electron chi connectivity index (χ1n) is 6.60. The number of rotatable bonds is 7. The van der Waals surface area contributed by atoms with Crippen molar-refractivity contribution in [1.29, 1.82) is 0 Å². The Labute approximate surface area is 123 Å². The molecule has 2 rings (SSSR count). The van der Waals surface area contributed by atoms with Crippen LogP contribution >= 0.6 is 7.37 Å². The van der Waals surface area contributed by atoms with E-state index >= 15 is 0 Å². The molecule has 0 amide bonds. The van der Waals surface area contributed by atoms with E-state index in [4.69, 9.17) is 9.63 Å². The molecule has 0 fully saturated rings. The number of carboxylic acid groups (broad SMARTS) is 1. The van der Waals surface area contributed by atoms with Crippen molar-refractivity contribution in [2.24, 2.45) is 0 Å². The van der Waals surface area contributed by atoms with E-state index in [9.17, 15) is 9.36 Å². The van der Waals surface area contributed by atoms with Gasteiger partial charge in [0.25, 0.3) is 0 Å². The topological polar surface area (TPSA) is 63.6 Å². The van der Waals surface area contributed by atoms with Crippen LogP contribution in [-0.4, -0.2) is 17.7 Å². The Hall–Kier alpha value is -1.90. The van der Waals surface area contributed by atoms with Crippen LogP contribution < -0.4 is 0 Å². The molecule has 5 heteroatoms. The van der Waals surface area contributed by atoms with Crippen LogP contribution in [0.5, 0.6) is 0 Å². The van der Waals surface area contributed by atoms with Gasteiger partial charge in [0.2, 0.25) is 7.37 Å². The van der Waals surface area contributed by atoms with Crippen molar-refractivity contribution in [1.82, 2.24) is 0 Å². The fourth-order valence-corrected chi connectivity index (χ4v) is 4.22. The Kier molecular flexibility index (Phi) is 5.32. The van der Waals surface area contributed by atoms with Gasteiger partial charge in [-0.15, -0.1) is 0 Å². The fourth-order valence-electron chi connectivity index (χ4n) is 2.04. The predicted octanol–water partition coefficient (Wildman–Crippen LogP) is 3.77. The summed E-state index contributed by atoms with van der Waals surface area (Å²) in [6.07, 6.45) is 0.464. The molecule has 0 atom stereocenters. The first-order chi connectivity index (χ1) is 10.1. The van der Waals surface area contributed by atoms with E-state index < -0.39 is 19.9 Å². The second kappa shape index (κ2) is 7.21. The van der Waals surface area contributed by atoms with Crippen molar-refractivity contribution < 1.29 is 19.0 Å². The van der Waals surface area contributed by atoms with Gasteiger partial charge in [-0.3, -0.25) is 4.57 Å². The summed E-state index contributed by atoms with van der Waals surface area (Å²) in [6.45, 7) is -0.545. The molecular formula is C16H17O4P. The van der Waals surface area contributed by atoms with E-state index in [1.807, 2.05) is 60.7 Å². The maximum Gasteiger partial charge on any atom is 0.330 e. The van der Waals surface area contributed by atoms with Gasteiger partial charge in [-0.2, -0.15) is 0 Å². The van der Waals surface area contributed by atoms with Crippen molar-refractivity contribution in [2.45, 2.75) is 12.3 Å². The smallest absolute Gasteiger partial charge is 0.330 e. The molecule has 0 heterocycles. The first kappa shape index (κ1) is 15.5. The zero-order valence-corrected chi connectivity index (χ0v) is 12.4. The predicted molar refractivity (Wildman–Crippen MR) is 81.5 cm³/mol. The summed E-state index contributed by atoms with van der Waals surface area (Å²) in [4.78, 5) is 10.7. The third-order valence-electron chi connectivity index (χ3n) is 2.96. The third-order valence-corrected chi connectivity index (χ3v) is 5.25. The molecule has 0 aliphatic heterocycles. The number of benzene rings is 2. The highest BCUT2D eigenvalue weighted by molar-refractivity contribution is 7.57. The molecular weight excluding hydrogens is 287 g/mol. The van der Waals surface area contributed by atoms with E-state index in [0.717, 1.165) is 11.1 Å². The molecule has 0 aliphatic carbocycles. The normalized spacial score (nSPS) is 11.2. The zero-order chi connectivity index (χ0) is 15.1. The van der Waals surface area contributed by atoms with Crippen molar-refractivity contribution in [3.05, 3.63) is 71.8 Å². The van der Waals surface area contributed by atoms with Crippen molar-refractivity contribution in [3.8, 4) is 0 Å². The highest BCUT2D eigenvalue weighted by Gasteiger charge is 2.25. The Morgan fingerprint density at radius 2 is 1.33 bits per heavy atom. The van der Waals surface area contributed by atoms with E-state index in [1.54, 1.807) is 0 Å². The van der Waals surface area contributed by atoms with E-state index in [0.29, 0.717) is 0 Å². The fraction of sp³-hybridized carbons (Fsp3) is 0.188. The molecule has 1 N–H and O–H groups in total. The van der Waals surface area contributed by atoms with Gasteiger partial charge < -0.3 is 9.63 Å². The second-order valence-electron chi connectivity index (χ2n) is 4.77. The second-order valence-corrected chi connectivity index (χ2v) is 7.29. The molecule has 0 aromatic heterocycles. The summed E-state index contributed by atoms with van der Waals surface area (Å²) in [5.41, 5.74) is 1.75. The minimum atomic E-state index is -3.10. The van der Waals surface area contributed by atoms with Crippen molar-refractivity contribution in [3.63, 3.8) is 0 Å². The Morgan fingerprint density at radius 3 is 1.71 bits per heavy atom. The van der Waals surface area contributed by atoms with E-state index in [1.165, 1.54) is 0 Å². The molecule has 21 heavy (non-hydrogen) atoms. The summed E-state index contributed by atoms with van der Waals surface area (Å²) in [5, 5.41) is 8.76. The largest absolute Gasteiger partial charge is 0.480 e. The van der Waals surface area contributed by atoms with Crippen LogP contribution in [0.4, 0.5) is 0 Å². The van der Waals surface area contributed by atoms with Gasteiger partial charge in [0.05, 0.1) is 12.3 Å². The summed E-state index contributed by atoms with van der Waals surface area (Å²) in [7, 11) is -3.10. The molecule has 110 valence electrons. The third kappa shape index (κ3) is 5.18. The van der Waals surface area contributed by atoms with Gasteiger partial charge in [-0.05, 0) is 11.1 Å². The molecule has 0 unspecified atom stereocenters.